The Bertz CT molecular complexity index is 578. The molecule has 2 aromatic rings. The van der Waals surface area contributed by atoms with Crippen LogP contribution in [0.2, 0.25) is 0 Å². The highest BCUT2D eigenvalue weighted by Crippen LogP contribution is 2.40. The minimum atomic E-state index is 0.0493. The lowest BCUT2D eigenvalue weighted by atomic mass is 10.2. The normalized spacial score (nSPS) is 15.6. The highest BCUT2D eigenvalue weighted by atomic mass is 15.1. The van der Waals surface area contributed by atoms with Crippen LogP contribution in [0.3, 0.4) is 0 Å². The molecule has 4 nitrogen and oxygen atoms in total. The Balaban J connectivity index is 2.32. The SMILES string of the molecule is Cc1ccc2c(C(=N)N)nc(C3CC3)n2c1. The van der Waals surface area contributed by atoms with Crippen molar-refractivity contribution in [2.24, 2.45) is 5.73 Å². The zero-order valence-corrected chi connectivity index (χ0v) is 9.20. The number of aryl methyl sites for hydroxylation is 1. The topological polar surface area (TPSA) is 67.2 Å². The first-order valence-electron chi connectivity index (χ1n) is 5.50. The summed E-state index contributed by atoms with van der Waals surface area (Å²) >= 11 is 0. The molecule has 0 saturated heterocycles. The van der Waals surface area contributed by atoms with Crippen LogP contribution < -0.4 is 5.73 Å². The summed E-state index contributed by atoms with van der Waals surface area (Å²) in [6.07, 6.45) is 4.47. The summed E-state index contributed by atoms with van der Waals surface area (Å²) < 4.78 is 2.09. The zero-order valence-electron chi connectivity index (χ0n) is 9.20. The van der Waals surface area contributed by atoms with Gasteiger partial charge in [-0.15, -0.1) is 0 Å². The molecular formula is C12H14N4. The molecule has 0 spiro atoms. The van der Waals surface area contributed by atoms with Gasteiger partial charge in [0, 0.05) is 12.1 Å². The molecule has 0 amide bonds. The third-order valence-electron chi connectivity index (χ3n) is 3.01. The van der Waals surface area contributed by atoms with Crippen molar-refractivity contribution in [1.29, 1.82) is 5.41 Å². The number of nitrogens with zero attached hydrogens (tertiary/aromatic N) is 2. The number of fused-ring (bicyclic) bond motifs is 1. The number of rotatable bonds is 2. The van der Waals surface area contributed by atoms with E-state index >= 15 is 0 Å². The second-order valence-electron chi connectivity index (χ2n) is 4.47. The van der Waals surface area contributed by atoms with Crippen LogP contribution in [0.4, 0.5) is 0 Å². The lowest BCUT2D eigenvalue weighted by Gasteiger charge is -2.00. The molecule has 0 unspecified atom stereocenters. The fraction of sp³-hybridized carbons (Fsp3) is 0.333. The number of amidine groups is 1. The van der Waals surface area contributed by atoms with E-state index < -0.39 is 0 Å². The molecule has 82 valence electrons. The van der Waals surface area contributed by atoms with Crippen LogP contribution >= 0.6 is 0 Å². The average molecular weight is 214 g/mol. The summed E-state index contributed by atoms with van der Waals surface area (Å²) in [7, 11) is 0. The van der Waals surface area contributed by atoms with Gasteiger partial charge in [0.25, 0.3) is 0 Å². The zero-order chi connectivity index (χ0) is 11.3. The van der Waals surface area contributed by atoms with Gasteiger partial charge in [0.15, 0.2) is 0 Å². The van der Waals surface area contributed by atoms with E-state index in [1.54, 1.807) is 0 Å². The molecule has 0 aliphatic heterocycles. The molecule has 3 rings (SSSR count). The van der Waals surface area contributed by atoms with Crippen molar-refractivity contribution < 1.29 is 0 Å². The second kappa shape index (κ2) is 3.07. The van der Waals surface area contributed by atoms with Crippen LogP contribution in [-0.2, 0) is 0 Å². The van der Waals surface area contributed by atoms with Crippen molar-refractivity contribution in [1.82, 2.24) is 9.38 Å². The maximum absolute atomic E-state index is 7.55. The molecule has 4 heteroatoms. The molecule has 0 aromatic carbocycles. The summed E-state index contributed by atoms with van der Waals surface area (Å²) in [5, 5.41) is 7.55. The second-order valence-corrected chi connectivity index (χ2v) is 4.47. The van der Waals surface area contributed by atoms with Crippen molar-refractivity contribution in [3.63, 3.8) is 0 Å². The molecule has 0 atom stereocenters. The minimum Gasteiger partial charge on any atom is -0.382 e. The molecule has 0 bridgehead atoms. The largest absolute Gasteiger partial charge is 0.382 e. The fourth-order valence-corrected chi connectivity index (χ4v) is 2.04. The predicted molar refractivity (Wildman–Crippen MR) is 62.9 cm³/mol. The van der Waals surface area contributed by atoms with Gasteiger partial charge in [-0.05, 0) is 31.4 Å². The predicted octanol–water partition coefficient (Wildman–Crippen LogP) is 1.80. The molecule has 2 heterocycles. The third-order valence-corrected chi connectivity index (χ3v) is 3.01. The van der Waals surface area contributed by atoms with Crippen LogP contribution in [-0.4, -0.2) is 15.2 Å². The van der Waals surface area contributed by atoms with Gasteiger partial charge in [-0.25, -0.2) is 4.98 Å². The third kappa shape index (κ3) is 1.30. The van der Waals surface area contributed by atoms with E-state index in [0.717, 1.165) is 11.3 Å². The maximum atomic E-state index is 7.55. The molecule has 1 aliphatic rings. The van der Waals surface area contributed by atoms with E-state index in [0.29, 0.717) is 11.6 Å². The summed E-state index contributed by atoms with van der Waals surface area (Å²) in [5.41, 5.74) is 8.31. The monoisotopic (exact) mass is 214 g/mol. The van der Waals surface area contributed by atoms with E-state index in [1.165, 1.54) is 18.4 Å². The van der Waals surface area contributed by atoms with Gasteiger partial charge in [0.1, 0.15) is 17.4 Å². The van der Waals surface area contributed by atoms with Gasteiger partial charge in [-0.1, -0.05) is 6.07 Å². The Morgan fingerprint density at radius 2 is 2.25 bits per heavy atom. The Hall–Kier alpha value is -1.84. The summed E-state index contributed by atoms with van der Waals surface area (Å²) in [6, 6.07) is 4.02. The lowest BCUT2D eigenvalue weighted by molar-refractivity contribution is 0.915. The maximum Gasteiger partial charge on any atom is 0.144 e. The standard InChI is InChI=1S/C12H14N4/c1-7-2-5-9-10(11(13)14)15-12(8-3-4-8)16(9)6-7/h2,5-6,8H,3-4H2,1H3,(H3,13,14). The summed E-state index contributed by atoms with van der Waals surface area (Å²) in [5.74, 6) is 1.67. The number of pyridine rings is 1. The Morgan fingerprint density at radius 1 is 1.50 bits per heavy atom. The average Bonchev–Trinajstić information content (AvgIpc) is 3.00. The van der Waals surface area contributed by atoms with E-state index in [4.69, 9.17) is 11.1 Å². The van der Waals surface area contributed by atoms with Crippen molar-refractivity contribution in [3.05, 3.63) is 35.4 Å². The first-order chi connectivity index (χ1) is 7.66. The number of hydrogen-bond acceptors (Lipinski definition) is 2. The first kappa shape index (κ1) is 9.39. The van der Waals surface area contributed by atoms with Gasteiger partial charge >= 0.3 is 0 Å². The highest BCUT2D eigenvalue weighted by molar-refractivity contribution is 5.99. The Labute approximate surface area is 93.6 Å². The molecule has 1 saturated carbocycles. The van der Waals surface area contributed by atoms with Crippen LogP contribution in [0.15, 0.2) is 18.3 Å². The van der Waals surface area contributed by atoms with Crippen LogP contribution in [0, 0.1) is 12.3 Å². The van der Waals surface area contributed by atoms with E-state index in [-0.39, 0.29) is 5.84 Å². The molecule has 1 aliphatic carbocycles. The van der Waals surface area contributed by atoms with E-state index in [1.807, 2.05) is 12.1 Å². The van der Waals surface area contributed by atoms with Crippen LogP contribution in [0.1, 0.15) is 35.8 Å². The van der Waals surface area contributed by atoms with E-state index in [2.05, 4.69) is 22.5 Å². The van der Waals surface area contributed by atoms with Crippen molar-refractivity contribution >= 4 is 11.4 Å². The van der Waals surface area contributed by atoms with Gasteiger partial charge in [-0.2, -0.15) is 0 Å². The molecule has 0 radical (unpaired) electrons. The number of nitrogens with one attached hydrogen (secondary N) is 1. The summed E-state index contributed by atoms with van der Waals surface area (Å²) in [6.45, 7) is 2.06. The van der Waals surface area contributed by atoms with Crippen molar-refractivity contribution in [2.45, 2.75) is 25.7 Å². The minimum absolute atomic E-state index is 0.0493. The summed E-state index contributed by atoms with van der Waals surface area (Å²) in [4.78, 5) is 4.51. The number of nitrogens with two attached hydrogens (primary N) is 1. The first-order valence-corrected chi connectivity index (χ1v) is 5.50. The van der Waals surface area contributed by atoms with Crippen LogP contribution in [0.25, 0.3) is 5.52 Å². The van der Waals surface area contributed by atoms with Crippen molar-refractivity contribution in [2.75, 3.05) is 0 Å². The van der Waals surface area contributed by atoms with E-state index in [9.17, 15) is 0 Å². The van der Waals surface area contributed by atoms with Gasteiger partial charge in [0.2, 0.25) is 0 Å². The number of imidazole rings is 1. The quantitative estimate of drug-likeness (QED) is 0.591. The lowest BCUT2D eigenvalue weighted by Crippen LogP contribution is -2.12. The van der Waals surface area contributed by atoms with Gasteiger partial charge in [-0.3, -0.25) is 5.41 Å². The molecule has 3 N–H and O–H groups in total. The van der Waals surface area contributed by atoms with Crippen molar-refractivity contribution in [3.8, 4) is 0 Å². The molecular weight excluding hydrogens is 200 g/mol. The number of aromatic nitrogens is 2. The molecule has 1 fully saturated rings. The number of hydrogen-bond donors (Lipinski definition) is 2. The van der Waals surface area contributed by atoms with Gasteiger partial charge in [0.05, 0.1) is 5.52 Å². The molecule has 16 heavy (non-hydrogen) atoms. The Kier molecular flexibility index (Phi) is 1.80. The smallest absolute Gasteiger partial charge is 0.144 e. The number of nitrogen functional groups attached to an aromatic ring is 1. The molecule has 2 aromatic heterocycles. The fourth-order valence-electron chi connectivity index (χ4n) is 2.04. The van der Waals surface area contributed by atoms with Gasteiger partial charge < -0.3 is 10.1 Å². The van der Waals surface area contributed by atoms with Crippen LogP contribution in [0.5, 0.6) is 0 Å². The Morgan fingerprint density at radius 3 is 2.88 bits per heavy atom. The highest BCUT2D eigenvalue weighted by Gasteiger charge is 2.29.